The molecule has 5 nitrogen and oxygen atoms in total. The molecule has 4 atom stereocenters. The van der Waals surface area contributed by atoms with Crippen LogP contribution in [0.25, 0.3) is 0 Å². The molecule has 4 unspecified atom stereocenters. The van der Waals surface area contributed by atoms with E-state index in [2.05, 4.69) is 12.2 Å². The lowest BCUT2D eigenvalue weighted by Gasteiger charge is -2.28. The van der Waals surface area contributed by atoms with Gasteiger partial charge in [0.15, 0.2) is 17.3 Å². The summed E-state index contributed by atoms with van der Waals surface area (Å²) in [7, 11) is 0. The molecule has 5 heteroatoms. The number of fused-ring (bicyclic) bond motifs is 3. The smallest absolute Gasteiger partial charge is 0.220 e. The minimum atomic E-state index is -0.0373. The fraction of sp³-hybridized carbons (Fsp3) is 0.619. The van der Waals surface area contributed by atoms with Gasteiger partial charge >= 0.3 is 0 Å². The second kappa shape index (κ2) is 7.29. The van der Waals surface area contributed by atoms with E-state index in [1.165, 1.54) is 25.7 Å². The number of rotatable bonds is 6. The monoisotopic (exact) mass is 357 g/mol. The third-order valence-corrected chi connectivity index (χ3v) is 6.27. The summed E-state index contributed by atoms with van der Waals surface area (Å²) in [6.45, 7) is 3.14. The lowest BCUT2D eigenvalue weighted by atomic mass is 9.84. The van der Waals surface area contributed by atoms with Crippen LogP contribution >= 0.6 is 0 Å². The molecule has 2 aliphatic carbocycles. The maximum absolute atomic E-state index is 12.4. The summed E-state index contributed by atoms with van der Waals surface area (Å²) >= 11 is 0. The lowest BCUT2D eigenvalue weighted by molar-refractivity contribution is -0.122. The zero-order chi connectivity index (χ0) is 18.1. The molecule has 2 bridgehead atoms. The number of carbonyl (C=O) groups excluding carboxylic acids is 2. The summed E-state index contributed by atoms with van der Waals surface area (Å²) in [5.74, 6) is 3.50. The predicted molar refractivity (Wildman–Crippen MR) is 97.5 cm³/mol. The number of nitrogens with one attached hydrogen (secondary N) is 1. The Labute approximate surface area is 154 Å². The summed E-state index contributed by atoms with van der Waals surface area (Å²) < 4.78 is 11.0. The normalized spacial score (nSPS) is 27.2. The predicted octanol–water partition coefficient (Wildman–Crippen LogP) is 3.36. The first-order valence-corrected chi connectivity index (χ1v) is 9.82. The van der Waals surface area contributed by atoms with Gasteiger partial charge in [0.25, 0.3) is 0 Å². The van der Waals surface area contributed by atoms with Crippen LogP contribution in [0.2, 0.25) is 0 Å². The van der Waals surface area contributed by atoms with Crippen LogP contribution in [-0.2, 0) is 4.79 Å². The van der Waals surface area contributed by atoms with Gasteiger partial charge in [0.05, 0.1) is 0 Å². The molecule has 4 rings (SSSR count). The highest BCUT2D eigenvalue weighted by Gasteiger charge is 2.42. The second-order valence-electron chi connectivity index (χ2n) is 7.98. The van der Waals surface area contributed by atoms with E-state index in [1.807, 2.05) is 0 Å². The number of carbonyl (C=O) groups is 2. The van der Waals surface area contributed by atoms with E-state index < -0.39 is 0 Å². The molecular weight excluding hydrogens is 330 g/mol. The number of benzene rings is 1. The molecule has 26 heavy (non-hydrogen) atoms. The molecule has 0 spiro atoms. The molecular formula is C21H27NO4. The number of Topliss-reactive ketones (excluding diaryl/α,β-unsaturated/α-hetero) is 1. The maximum Gasteiger partial charge on any atom is 0.220 e. The van der Waals surface area contributed by atoms with Crippen molar-refractivity contribution in [2.75, 3.05) is 13.2 Å². The fourth-order valence-corrected chi connectivity index (χ4v) is 4.93. The zero-order valence-electron chi connectivity index (χ0n) is 15.3. The Hall–Kier alpha value is -2.04. The first-order chi connectivity index (χ1) is 12.6. The molecule has 2 fully saturated rings. The van der Waals surface area contributed by atoms with Crippen LogP contribution in [0.4, 0.5) is 0 Å². The average Bonchev–Trinajstić information content (AvgIpc) is 3.29. The molecule has 140 valence electrons. The number of amides is 1. The average molecular weight is 357 g/mol. The molecule has 1 aliphatic heterocycles. The minimum Gasteiger partial charge on any atom is -0.486 e. The van der Waals surface area contributed by atoms with Crippen LogP contribution in [-0.4, -0.2) is 30.9 Å². The molecule has 0 radical (unpaired) electrons. The van der Waals surface area contributed by atoms with E-state index in [0.29, 0.717) is 36.2 Å². The summed E-state index contributed by atoms with van der Waals surface area (Å²) in [6.07, 6.45) is 5.73. The third kappa shape index (κ3) is 3.57. The van der Waals surface area contributed by atoms with Gasteiger partial charge in [0, 0.05) is 24.4 Å². The molecule has 1 amide bonds. The van der Waals surface area contributed by atoms with E-state index in [0.717, 1.165) is 11.8 Å². The number of hydrogen-bond acceptors (Lipinski definition) is 4. The van der Waals surface area contributed by atoms with Gasteiger partial charge in [-0.3, -0.25) is 9.59 Å². The van der Waals surface area contributed by atoms with Crippen molar-refractivity contribution in [3.05, 3.63) is 23.8 Å². The number of hydrogen-bond donors (Lipinski definition) is 1. The van der Waals surface area contributed by atoms with E-state index in [1.54, 1.807) is 18.2 Å². The highest BCUT2D eigenvalue weighted by atomic mass is 16.6. The molecule has 1 aromatic carbocycles. The highest BCUT2D eigenvalue weighted by Crippen LogP contribution is 2.49. The van der Waals surface area contributed by atoms with Crippen LogP contribution in [0.1, 0.15) is 55.8 Å². The van der Waals surface area contributed by atoms with E-state index >= 15 is 0 Å². The summed E-state index contributed by atoms with van der Waals surface area (Å²) in [5, 5.41) is 3.13. The Balaban J connectivity index is 1.27. The van der Waals surface area contributed by atoms with Gasteiger partial charge in [0.2, 0.25) is 5.91 Å². The lowest BCUT2D eigenvalue weighted by Crippen LogP contribution is -2.40. The minimum absolute atomic E-state index is 0.0221. The maximum atomic E-state index is 12.4. The van der Waals surface area contributed by atoms with E-state index in [-0.39, 0.29) is 30.6 Å². The van der Waals surface area contributed by atoms with Crippen molar-refractivity contribution in [1.82, 2.24) is 5.32 Å². The van der Waals surface area contributed by atoms with Crippen molar-refractivity contribution < 1.29 is 19.1 Å². The van der Waals surface area contributed by atoms with Crippen LogP contribution in [0.3, 0.4) is 0 Å². The summed E-state index contributed by atoms with van der Waals surface area (Å²) in [5.41, 5.74) is 0.572. The third-order valence-electron chi connectivity index (χ3n) is 6.27. The van der Waals surface area contributed by atoms with Gasteiger partial charge in [-0.05, 0) is 62.1 Å². The fourth-order valence-electron chi connectivity index (χ4n) is 4.93. The van der Waals surface area contributed by atoms with Crippen molar-refractivity contribution in [3.63, 3.8) is 0 Å². The molecule has 0 saturated heterocycles. The first kappa shape index (κ1) is 17.4. The molecule has 1 N–H and O–H groups in total. The Morgan fingerprint density at radius 1 is 1.12 bits per heavy atom. The summed E-state index contributed by atoms with van der Waals surface area (Å²) in [4.78, 5) is 24.7. The van der Waals surface area contributed by atoms with Crippen LogP contribution in [0, 0.1) is 17.8 Å². The van der Waals surface area contributed by atoms with Gasteiger partial charge in [-0.2, -0.15) is 0 Å². The largest absolute Gasteiger partial charge is 0.486 e. The van der Waals surface area contributed by atoms with Crippen molar-refractivity contribution in [3.8, 4) is 11.5 Å². The molecule has 1 heterocycles. The van der Waals surface area contributed by atoms with Gasteiger partial charge < -0.3 is 14.8 Å². The quantitative estimate of drug-likeness (QED) is 0.793. The first-order valence-electron chi connectivity index (χ1n) is 9.82. The Kier molecular flexibility index (Phi) is 4.88. The van der Waals surface area contributed by atoms with Crippen molar-refractivity contribution in [2.45, 2.75) is 51.5 Å². The Morgan fingerprint density at radius 3 is 2.65 bits per heavy atom. The highest BCUT2D eigenvalue weighted by molar-refractivity contribution is 5.98. The Bertz CT molecular complexity index is 701. The van der Waals surface area contributed by atoms with Crippen molar-refractivity contribution in [1.29, 1.82) is 0 Å². The van der Waals surface area contributed by atoms with Crippen LogP contribution < -0.4 is 14.8 Å². The van der Waals surface area contributed by atoms with E-state index in [4.69, 9.17) is 9.47 Å². The van der Waals surface area contributed by atoms with Crippen LogP contribution in [0.15, 0.2) is 18.2 Å². The topological polar surface area (TPSA) is 64.6 Å². The zero-order valence-corrected chi connectivity index (χ0v) is 15.3. The van der Waals surface area contributed by atoms with Crippen LogP contribution in [0.5, 0.6) is 11.5 Å². The molecule has 1 aromatic rings. The number of ether oxygens (including phenoxy) is 2. The summed E-state index contributed by atoms with van der Waals surface area (Å²) in [6, 6.07) is 5.43. The van der Waals surface area contributed by atoms with Crippen molar-refractivity contribution >= 4 is 11.7 Å². The van der Waals surface area contributed by atoms with Gasteiger partial charge in [-0.1, -0.05) is 6.42 Å². The molecule has 3 aliphatic rings. The molecule has 0 aromatic heterocycles. The molecule has 2 saturated carbocycles. The van der Waals surface area contributed by atoms with Gasteiger partial charge in [-0.15, -0.1) is 0 Å². The van der Waals surface area contributed by atoms with Gasteiger partial charge in [-0.25, -0.2) is 0 Å². The standard InChI is InChI=1S/C21H27NO4/c1-13(17-11-14-2-3-15(17)10-14)22-21(24)7-5-18(23)16-4-6-19-20(12-16)26-9-8-25-19/h4,6,12-15,17H,2-3,5,7-11H2,1H3,(H,22,24). The second-order valence-corrected chi connectivity index (χ2v) is 7.98. The Morgan fingerprint density at radius 2 is 1.92 bits per heavy atom. The van der Waals surface area contributed by atoms with E-state index in [9.17, 15) is 9.59 Å². The van der Waals surface area contributed by atoms with Gasteiger partial charge in [0.1, 0.15) is 13.2 Å². The SMILES string of the molecule is CC(NC(=O)CCC(=O)c1ccc2c(c1)OCCO2)C1CC2CCC1C2. The number of ketones is 1. The van der Waals surface area contributed by atoms with Crippen molar-refractivity contribution in [2.24, 2.45) is 17.8 Å².